The van der Waals surface area contributed by atoms with Crippen LogP contribution in [0.2, 0.25) is 0 Å². The minimum Gasteiger partial charge on any atom is -0.495 e. The summed E-state index contributed by atoms with van der Waals surface area (Å²) in [6, 6.07) is 8.58. The fraction of sp³-hybridized carbons (Fsp3) is 0.524. The molecule has 2 heterocycles. The molecule has 7 heteroatoms. The maximum atomic E-state index is 5.50. The smallest absolute Gasteiger partial charge is 0.191 e. The third kappa shape index (κ3) is 5.18. The number of aliphatic imine (C=N–C) groups is 1. The highest BCUT2D eigenvalue weighted by molar-refractivity contribution is 5.80. The number of benzene rings is 1. The van der Waals surface area contributed by atoms with Crippen LogP contribution in [0.25, 0.3) is 0 Å². The molecule has 0 bridgehead atoms. The SMILES string of the molecule is CN=C(NCCCCn1ccnc1C)NC1CCN(c2ccccc2OC)C1. The third-order valence-corrected chi connectivity index (χ3v) is 5.22. The quantitative estimate of drug-likeness (QED) is 0.416. The number of nitrogens with one attached hydrogen (secondary N) is 2. The molecule has 2 N–H and O–H groups in total. The van der Waals surface area contributed by atoms with E-state index in [4.69, 9.17) is 4.74 Å². The summed E-state index contributed by atoms with van der Waals surface area (Å²) in [6.07, 6.45) is 7.19. The second-order valence-electron chi connectivity index (χ2n) is 7.12. The van der Waals surface area contributed by atoms with Gasteiger partial charge >= 0.3 is 0 Å². The number of aryl methyl sites for hydroxylation is 2. The lowest BCUT2D eigenvalue weighted by atomic mass is 10.2. The van der Waals surface area contributed by atoms with Gasteiger partial charge in [0, 0.05) is 51.7 Å². The van der Waals surface area contributed by atoms with Gasteiger partial charge in [0.15, 0.2) is 5.96 Å². The predicted molar refractivity (Wildman–Crippen MR) is 114 cm³/mol. The molecule has 152 valence electrons. The van der Waals surface area contributed by atoms with Gasteiger partial charge in [0.05, 0.1) is 12.8 Å². The Kier molecular flexibility index (Phi) is 7.17. The number of imidazole rings is 1. The lowest BCUT2D eigenvalue weighted by molar-refractivity contribution is 0.415. The minimum absolute atomic E-state index is 0.379. The van der Waals surface area contributed by atoms with E-state index in [1.807, 2.05) is 38.5 Å². The number of methoxy groups -OCH3 is 1. The zero-order valence-electron chi connectivity index (χ0n) is 17.2. The van der Waals surface area contributed by atoms with Crippen molar-refractivity contribution in [3.8, 4) is 5.75 Å². The summed E-state index contributed by atoms with van der Waals surface area (Å²) >= 11 is 0. The van der Waals surface area contributed by atoms with Crippen molar-refractivity contribution in [3.63, 3.8) is 0 Å². The summed E-state index contributed by atoms with van der Waals surface area (Å²) in [6.45, 7) is 5.92. The number of hydrogen-bond donors (Lipinski definition) is 2. The lowest BCUT2D eigenvalue weighted by Crippen LogP contribution is -2.44. The molecule has 1 aliphatic rings. The number of unbranched alkanes of at least 4 members (excludes halogenated alkanes) is 1. The Labute approximate surface area is 167 Å². The average Bonchev–Trinajstić information content (AvgIpc) is 3.35. The van der Waals surface area contributed by atoms with E-state index in [2.05, 4.69) is 42.2 Å². The Morgan fingerprint density at radius 3 is 2.93 bits per heavy atom. The monoisotopic (exact) mass is 384 g/mol. The van der Waals surface area contributed by atoms with E-state index < -0.39 is 0 Å². The van der Waals surface area contributed by atoms with E-state index in [1.165, 1.54) is 0 Å². The van der Waals surface area contributed by atoms with Crippen molar-refractivity contribution < 1.29 is 4.74 Å². The molecule has 0 spiro atoms. The molecule has 1 aromatic heterocycles. The van der Waals surface area contributed by atoms with Crippen LogP contribution >= 0.6 is 0 Å². The standard InChI is InChI=1S/C21H32N6O/c1-17-23-12-15-26(17)13-7-6-11-24-21(22-2)25-18-10-14-27(16-18)19-8-4-5-9-20(19)28-3/h4-5,8-9,12,15,18H,6-7,10-11,13-14,16H2,1-3H3,(H2,22,24,25). The molecule has 3 rings (SSSR count). The summed E-state index contributed by atoms with van der Waals surface area (Å²) in [5, 5.41) is 7.00. The molecule has 0 amide bonds. The van der Waals surface area contributed by atoms with E-state index in [0.717, 1.165) is 68.7 Å². The molecule has 1 aliphatic heterocycles. The number of guanidine groups is 1. The van der Waals surface area contributed by atoms with Gasteiger partial charge in [0.2, 0.25) is 0 Å². The fourth-order valence-electron chi connectivity index (χ4n) is 3.63. The Bertz CT molecular complexity index is 772. The minimum atomic E-state index is 0.379. The molecular formula is C21H32N6O. The summed E-state index contributed by atoms with van der Waals surface area (Å²) in [5.41, 5.74) is 1.16. The van der Waals surface area contributed by atoms with E-state index in [1.54, 1.807) is 7.11 Å². The molecule has 1 fully saturated rings. The van der Waals surface area contributed by atoms with E-state index in [-0.39, 0.29) is 0 Å². The molecule has 2 aromatic rings. The molecule has 7 nitrogen and oxygen atoms in total. The molecule has 0 radical (unpaired) electrons. The van der Waals surface area contributed by atoms with Crippen LogP contribution in [0.1, 0.15) is 25.1 Å². The molecule has 0 saturated carbocycles. The molecule has 1 atom stereocenters. The highest BCUT2D eigenvalue weighted by Gasteiger charge is 2.25. The topological polar surface area (TPSA) is 66.7 Å². The Morgan fingerprint density at radius 2 is 2.18 bits per heavy atom. The van der Waals surface area contributed by atoms with Gasteiger partial charge in [-0.2, -0.15) is 0 Å². The molecule has 0 aliphatic carbocycles. The first-order valence-electron chi connectivity index (χ1n) is 10.0. The van der Waals surface area contributed by atoms with Gasteiger partial charge in [-0.15, -0.1) is 0 Å². The summed E-state index contributed by atoms with van der Waals surface area (Å²) in [7, 11) is 3.56. The first-order valence-corrected chi connectivity index (χ1v) is 10.0. The number of anilines is 1. The number of aromatic nitrogens is 2. The number of hydrogen-bond acceptors (Lipinski definition) is 4. The average molecular weight is 385 g/mol. The van der Waals surface area contributed by atoms with Crippen LogP contribution in [0.4, 0.5) is 5.69 Å². The summed E-state index contributed by atoms with van der Waals surface area (Å²) in [4.78, 5) is 11.0. The summed E-state index contributed by atoms with van der Waals surface area (Å²) in [5.74, 6) is 2.88. The van der Waals surface area contributed by atoms with Crippen LogP contribution in [-0.4, -0.2) is 55.3 Å². The maximum Gasteiger partial charge on any atom is 0.191 e. The molecular weight excluding hydrogens is 352 g/mol. The number of nitrogens with zero attached hydrogens (tertiary/aromatic N) is 4. The normalized spacial score (nSPS) is 17.0. The highest BCUT2D eigenvalue weighted by atomic mass is 16.5. The van der Waals surface area contributed by atoms with Gasteiger partial charge in [-0.3, -0.25) is 4.99 Å². The Morgan fingerprint density at radius 1 is 1.32 bits per heavy atom. The van der Waals surface area contributed by atoms with Crippen LogP contribution in [-0.2, 0) is 6.54 Å². The van der Waals surface area contributed by atoms with Crippen LogP contribution in [0.5, 0.6) is 5.75 Å². The number of para-hydroxylation sites is 2. The van der Waals surface area contributed by atoms with Crippen molar-refractivity contribution in [2.75, 3.05) is 38.7 Å². The summed E-state index contributed by atoms with van der Waals surface area (Å²) < 4.78 is 7.69. The largest absolute Gasteiger partial charge is 0.495 e. The second kappa shape index (κ2) is 10.0. The van der Waals surface area contributed by atoms with Gasteiger partial charge in [0.1, 0.15) is 11.6 Å². The van der Waals surface area contributed by atoms with E-state index in [9.17, 15) is 0 Å². The third-order valence-electron chi connectivity index (χ3n) is 5.22. The van der Waals surface area contributed by atoms with E-state index >= 15 is 0 Å². The number of rotatable bonds is 8. The highest BCUT2D eigenvalue weighted by Crippen LogP contribution is 2.30. The van der Waals surface area contributed by atoms with Gasteiger partial charge < -0.3 is 24.8 Å². The lowest BCUT2D eigenvalue weighted by Gasteiger charge is -2.22. The van der Waals surface area contributed by atoms with Gasteiger partial charge in [-0.1, -0.05) is 12.1 Å². The Balaban J connectivity index is 1.40. The predicted octanol–water partition coefficient (Wildman–Crippen LogP) is 2.42. The van der Waals surface area contributed by atoms with Crippen LogP contribution in [0.3, 0.4) is 0 Å². The molecule has 1 aromatic carbocycles. The fourth-order valence-corrected chi connectivity index (χ4v) is 3.63. The molecule has 1 saturated heterocycles. The second-order valence-corrected chi connectivity index (χ2v) is 7.12. The van der Waals surface area contributed by atoms with Crippen LogP contribution in [0.15, 0.2) is 41.7 Å². The molecule has 28 heavy (non-hydrogen) atoms. The first kappa shape index (κ1) is 20.0. The van der Waals surface area contributed by atoms with Crippen molar-refractivity contribution in [1.29, 1.82) is 0 Å². The van der Waals surface area contributed by atoms with E-state index in [0.29, 0.717) is 6.04 Å². The van der Waals surface area contributed by atoms with Crippen molar-refractivity contribution in [3.05, 3.63) is 42.5 Å². The van der Waals surface area contributed by atoms with Gasteiger partial charge in [-0.25, -0.2) is 4.98 Å². The van der Waals surface area contributed by atoms with Crippen molar-refractivity contribution in [2.24, 2.45) is 4.99 Å². The van der Waals surface area contributed by atoms with Gasteiger partial charge in [0.25, 0.3) is 0 Å². The van der Waals surface area contributed by atoms with Crippen molar-refractivity contribution >= 4 is 11.6 Å². The van der Waals surface area contributed by atoms with Crippen molar-refractivity contribution in [1.82, 2.24) is 20.2 Å². The maximum absolute atomic E-state index is 5.50. The van der Waals surface area contributed by atoms with Crippen LogP contribution < -0.4 is 20.3 Å². The van der Waals surface area contributed by atoms with Gasteiger partial charge in [-0.05, 0) is 38.3 Å². The first-order chi connectivity index (χ1) is 13.7. The van der Waals surface area contributed by atoms with Crippen LogP contribution in [0, 0.1) is 6.92 Å². The molecule has 1 unspecified atom stereocenters. The zero-order valence-corrected chi connectivity index (χ0v) is 17.2. The van der Waals surface area contributed by atoms with Crippen molar-refractivity contribution in [2.45, 2.75) is 38.8 Å². The number of ether oxygens (including phenoxy) is 1. The Hall–Kier alpha value is -2.70. The zero-order chi connectivity index (χ0) is 19.8.